The van der Waals surface area contributed by atoms with Gasteiger partial charge in [0.1, 0.15) is 5.82 Å². The Morgan fingerprint density at radius 1 is 1.45 bits per heavy atom. The molecule has 1 aliphatic carbocycles. The molecule has 0 bridgehead atoms. The van der Waals surface area contributed by atoms with Gasteiger partial charge in [-0.1, -0.05) is 0 Å². The Balaban J connectivity index is 1.94. The van der Waals surface area contributed by atoms with Crippen LogP contribution in [0.15, 0.2) is 18.3 Å². The number of rotatable bonds is 3. The number of nitrogens with one attached hydrogen (secondary N) is 2. The summed E-state index contributed by atoms with van der Waals surface area (Å²) in [6.07, 6.45) is -0.719. The molecule has 8 heteroatoms. The first-order valence-corrected chi connectivity index (χ1v) is 5.89. The highest BCUT2D eigenvalue weighted by Crippen LogP contribution is 2.31. The Kier molecular flexibility index (Phi) is 3.79. The fourth-order valence-electron chi connectivity index (χ4n) is 1.94. The summed E-state index contributed by atoms with van der Waals surface area (Å²) in [6, 6.07) is 1.60. The van der Waals surface area contributed by atoms with E-state index in [4.69, 9.17) is 5.26 Å². The molecule has 1 aromatic rings. The Bertz CT molecular complexity index is 546. The molecule has 1 aromatic heterocycles. The van der Waals surface area contributed by atoms with Crippen LogP contribution in [0, 0.1) is 17.4 Å². The van der Waals surface area contributed by atoms with E-state index < -0.39 is 11.7 Å². The van der Waals surface area contributed by atoms with Crippen LogP contribution in [0.1, 0.15) is 18.4 Å². The lowest BCUT2D eigenvalue weighted by atomic mass is 9.80. The zero-order chi connectivity index (χ0) is 14.8. The highest BCUT2D eigenvalue weighted by molar-refractivity contribution is 5.92. The number of hydrogen-bond donors (Lipinski definition) is 2. The van der Waals surface area contributed by atoms with Crippen LogP contribution >= 0.6 is 0 Å². The summed E-state index contributed by atoms with van der Waals surface area (Å²) >= 11 is 0. The quantitative estimate of drug-likeness (QED) is 0.656. The first kappa shape index (κ1) is 14.1. The minimum absolute atomic E-state index is 0.0368. The lowest BCUT2D eigenvalue weighted by molar-refractivity contribution is -0.137. The maximum atomic E-state index is 12.5. The first-order chi connectivity index (χ1) is 9.40. The smallest absolute Gasteiger partial charge is 0.321 e. The molecule has 2 N–H and O–H groups in total. The van der Waals surface area contributed by atoms with Gasteiger partial charge in [0.05, 0.1) is 5.56 Å². The molecule has 106 valence electrons. The third-order valence-corrected chi connectivity index (χ3v) is 3.12. The third kappa shape index (κ3) is 3.17. The van der Waals surface area contributed by atoms with E-state index in [0.717, 1.165) is 18.3 Å². The van der Waals surface area contributed by atoms with Gasteiger partial charge in [-0.05, 0) is 25.0 Å². The summed E-state index contributed by atoms with van der Waals surface area (Å²) < 4.78 is 37.5. The standard InChI is InChI=1S/C12H11F3N4O/c13-12(14,15)8-1-2-17-10(5-8)19-11(20)7-3-9(4-7)18-6-16/h1-2,5,7,9,18H,3-4H2,(H,17,19,20)/t7-,9-. The van der Waals surface area contributed by atoms with E-state index in [9.17, 15) is 18.0 Å². The van der Waals surface area contributed by atoms with Crippen LogP contribution in [0.2, 0.25) is 0 Å². The number of nitrogens with zero attached hydrogens (tertiary/aromatic N) is 2. The minimum atomic E-state index is -4.47. The number of carbonyl (C=O) groups is 1. The Morgan fingerprint density at radius 3 is 2.75 bits per heavy atom. The molecule has 2 rings (SSSR count). The van der Waals surface area contributed by atoms with E-state index in [0.29, 0.717) is 12.8 Å². The van der Waals surface area contributed by atoms with Gasteiger partial charge < -0.3 is 10.6 Å². The SMILES string of the molecule is N#CN[C@H]1C[C@H](C(=O)Nc2cc(C(F)(F)F)ccn2)C1. The van der Waals surface area contributed by atoms with Crippen LogP contribution in [0.5, 0.6) is 0 Å². The normalized spacial score (nSPS) is 21.5. The molecule has 1 amide bonds. The monoisotopic (exact) mass is 284 g/mol. The molecule has 0 aliphatic heterocycles. The minimum Gasteiger partial charge on any atom is -0.321 e. The van der Waals surface area contributed by atoms with E-state index in [1.807, 2.05) is 0 Å². The summed E-state index contributed by atoms with van der Waals surface area (Å²) in [5.41, 5.74) is -0.861. The summed E-state index contributed by atoms with van der Waals surface area (Å²) in [5, 5.41) is 13.3. The van der Waals surface area contributed by atoms with Gasteiger partial charge in [-0.3, -0.25) is 4.79 Å². The van der Waals surface area contributed by atoms with E-state index in [1.54, 1.807) is 6.19 Å². The fourth-order valence-corrected chi connectivity index (χ4v) is 1.94. The molecule has 0 unspecified atom stereocenters. The average Bonchev–Trinajstić information content (AvgIpc) is 2.32. The number of aromatic nitrogens is 1. The van der Waals surface area contributed by atoms with Crippen LogP contribution in [0.25, 0.3) is 0 Å². The number of hydrogen-bond acceptors (Lipinski definition) is 4. The van der Waals surface area contributed by atoms with Crippen LogP contribution in [-0.4, -0.2) is 16.9 Å². The van der Waals surface area contributed by atoms with E-state index in [-0.39, 0.29) is 23.7 Å². The van der Waals surface area contributed by atoms with Crippen molar-refractivity contribution in [2.75, 3.05) is 5.32 Å². The zero-order valence-electron chi connectivity index (χ0n) is 10.2. The molecule has 1 aliphatic rings. The van der Waals surface area contributed by atoms with Gasteiger partial charge in [-0.2, -0.15) is 18.4 Å². The second-order valence-corrected chi connectivity index (χ2v) is 4.54. The van der Waals surface area contributed by atoms with Crippen molar-refractivity contribution < 1.29 is 18.0 Å². The maximum Gasteiger partial charge on any atom is 0.416 e. The van der Waals surface area contributed by atoms with Gasteiger partial charge in [0.15, 0.2) is 6.19 Å². The molecule has 0 atom stereocenters. The zero-order valence-corrected chi connectivity index (χ0v) is 10.2. The number of amides is 1. The van der Waals surface area contributed by atoms with Gasteiger partial charge in [-0.15, -0.1) is 0 Å². The van der Waals surface area contributed by atoms with Crippen LogP contribution < -0.4 is 10.6 Å². The first-order valence-electron chi connectivity index (χ1n) is 5.89. The molecule has 1 fully saturated rings. The lowest BCUT2D eigenvalue weighted by Gasteiger charge is -2.32. The fraction of sp³-hybridized carbons (Fsp3) is 0.417. The summed E-state index contributed by atoms with van der Waals surface area (Å²) in [4.78, 5) is 15.5. The van der Waals surface area contributed by atoms with Gasteiger partial charge in [0.2, 0.25) is 5.91 Å². The van der Waals surface area contributed by atoms with Crippen molar-refractivity contribution in [3.05, 3.63) is 23.9 Å². The van der Waals surface area contributed by atoms with Crippen molar-refractivity contribution in [3.8, 4) is 6.19 Å². The summed E-state index contributed by atoms with van der Waals surface area (Å²) in [7, 11) is 0. The predicted molar refractivity (Wildman–Crippen MR) is 63.1 cm³/mol. The second kappa shape index (κ2) is 5.36. The summed E-state index contributed by atoms with van der Waals surface area (Å²) in [5.74, 6) is -0.813. The Morgan fingerprint density at radius 2 is 2.15 bits per heavy atom. The van der Waals surface area contributed by atoms with Crippen LogP contribution in [0.3, 0.4) is 0 Å². The number of nitriles is 1. The van der Waals surface area contributed by atoms with E-state index in [1.165, 1.54) is 0 Å². The number of carbonyl (C=O) groups excluding carboxylic acids is 1. The molecule has 0 saturated heterocycles. The second-order valence-electron chi connectivity index (χ2n) is 4.54. The Labute approximate surface area is 112 Å². The van der Waals surface area contributed by atoms with Gasteiger partial charge in [0, 0.05) is 18.2 Å². The summed E-state index contributed by atoms with van der Waals surface area (Å²) in [6.45, 7) is 0. The average molecular weight is 284 g/mol. The van der Waals surface area contributed by atoms with Crippen molar-refractivity contribution in [1.29, 1.82) is 5.26 Å². The molecule has 1 heterocycles. The molecular formula is C12H11F3N4O. The van der Waals surface area contributed by atoms with Crippen molar-refractivity contribution in [3.63, 3.8) is 0 Å². The Hall–Kier alpha value is -2.30. The topological polar surface area (TPSA) is 77.8 Å². The van der Waals surface area contributed by atoms with Gasteiger partial charge in [0.25, 0.3) is 0 Å². The highest BCUT2D eigenvalue weighted by Gasteiger charge is 2.35. The number of pyridine rings is 1. The van der Waals surface area contributed by atoms with E-state index >= 15 is 0 Å². The largest absolute Gasteiger partial charge is 0.416 e. The number of anilines is 1. The van der Waals surface area contributed by atoms with Crippen LogP contribution in [-0.2, 0) is 11.0 Å². The van der Waals surface area contributed by atoms with E-state index in [2.05, 4.69) is 15.6 Å². The van der Waals surface area contributed by atoms with Crippen molar-refractivity contribution in [2.24, 2.45) is 5.92 Å². The molecular weight excluding hydrogens is 273 g/mol. The maximum absolute atomic E-state index is 12.5. The van der Waals surface area contributed by atoms with Crippen molar-refractivity contribution in [2.45, 2.75) is 25.1 Å². The number of alkyl halides is 3. The molecule has 0 radical (unpaired) electrons. The molecule has 0 spiro atoms. The van der Waals surface area contributed by atoms with Crippen molar-refractivity contribution >= 4 is 11.7 Å². The number of halogens is 3. The molecule has 0 aromatic carbocycles. The highest BCUT2D eigenvalue weighted by atomic mass is 19.4. The third-order valence-electron chi connectivity index (χ3n) is 3.12. The molecule has 20 heavy (non-hydrogen) atoms. The molecule has 1 saturated carbocycles. The van der Waals surface area contributed by atoms with Crippen molar-refractivity contribution in [1.82, 2.24) is 10.3 Å². The predicted octanol–water partition coefficient (Wildman–Crippen LogP) is 1.89. The molecule has 5 nitrogen and oxygen atoms in total. The van der Waals surface area contributed by atoms with Crippen LogP contribution in [0.4, 0.5) is 19.0 Å². The lowest BCUT2D eigenvalue weighted by Crippen LogP contribution is -2.44. The van der Waals surface area contributed by atoms with Gasteiger partial charge in [-0.25, -0.2) is 4.98 Å². The van der Waals surface area contributed by atoms with Gasteiger partial charge >= 0.3 is 6.18 Å².